The summed E-state index contributed by atoms with van der Waals surface area (Å²) < 4.78 is 26.1. The van der Waals surface area contributed by atoms with Gasteiger partial charge in [0.05, 0.1) is 11.9 Å². The quantitative estimate of drug-likeness (QED) is 0.757. The molecule has 1 aliphatic heterocycles. The Kier molecular flexibility index (Phi) is 7.02. The van der Waals surface area contributed by atoms with E-state index in [1.165, 1.54) is 0 Å². The Hall–Kier alpha value is -0.950. The zero-order valence-corrected chi connectivity index (χ0v) is 14.6. The van der Waals surface area contributed by atoms with E-state index in [-0.39, 0.29) is 5.75 Å². The summed E-state index contributed by atoms with van der Waals surface area (Å²) in [7, 11) is -3.10. The fourth-order valence-corrected chi connectivity index (χ4v) is 4.16. The van der Waals surface area contributed by atoms with Crippen LogP contribution in [0.4, 0.5) is 0 Å². The van der Waals surface area contributed by atoms with E-state index >= 15 is 0 Å². The van der Waals surface area contributed by atoms with Crippen molar-refractivity contribution in [2.75, 3.05) is 31.9 Å². The van der Waals surface area contributed by atoms with E-state index in [2.05, 4.69) is 9.62 Å². The Morgan fingerprint density at radius 1 is 1.26 bits per heavy atom. The minimum atomic E-state index is -3.10. The lowest BCUT2D eigenvalue weighted by molar-refractivity contribution is 0.0899. The van der Waals surface area contributed by atoms with E-state index in [9.17, 15) is 13.5 Å². The predicted molar refractivity (Wildman–Crippen MR) is 92.6 cm³/mol. The highest BCUT2D eigenvalue weighted by atomic mass is 32.2. The van der Waals surface area contributed by atoms with E-state index in [0.29, 0.717) is 25.4 Å². The SMILES string of the molecule is CCCS(=O)(=O)NCC1CCN(C[C@@H](O)c2ccccc2)CC1. The summed E-state index contributed by atoms with van der Waals surface area (Å²) in [5.74, 6) is 0.599. The van der Waals surface area contributed by atoms with Crippen LogP contribution in [0.15, 0.2) is 30.3 Å². The first kappa shape index (κ1) is 18.4. The standard InChI is InChI=1S/C17H28N2O3S/c1-2-12-23(21,22)18-13-15-8-10-19(11-9-15)14-17(20)16-6-4-3-5-7-16/h3-7,15,17-18,20H,2,8-14H2,1H3/t17-/m1/s1. The van der Waals surface area contributed by atoms with Gasteiger partial charge in [-0.2, -0.15) is 0 Å². The molecule has 1 aromatic rings. The molecule has 0 unspecified atom stereocenters. The minimum absolute atomic E-state index is 0.203. The van der Waals surface area contributed by atoms with Crippen molar-refractivity contribution in [1.82, 2.24) is 9.62 Å². The second kappa shape index (κ2) is 8.78. The summed E-state index contributed by atoms with van der Waals surface area (Å²) in [6, 6.07) is 9.71. The van der Waals surface area contributed by atoms with Crippen molar-refractivity contribution in [2.45, 2.75) is 32.3 Å². The highest BCUT2D eigenvalue weighted by Gasteiger charge is 2.22. The van der Waals surface area contributed by atoms with Gasteiger partial charge in [0.2, 0.25) is 10.0 Å². The van der Waals surface area contributed by atoms with Crippen LogP contribution in [0.5, 0.6) is 0 Å². The molecule has 0 aromatic heterocycles. The van der Waals surface area contributed by atoms with Crippen LogP contribution in [-0.4, -0.2) is 50.4 Å². The molecule has 0 saturated carbocycles. The largest absolute Gasteiger partial charge is 0.387 e. The molecule has 2 N–H and O–H groups in total. The van der Waals surface area contributed by atoms with Crippen LogP contribution in [0.1, 0.15) is 37.9 Å². The van der Waals surface area contributed by atoms with Crippen LogP contribution in [0.3, 0.4) is 0 Å². The second-order valence-electron chi connectivity index (χ2n) is 6.34. The van der Waals surface area contributed by atoms with Crippen molar-refractivity contribution < 1.29 is 13.5 Å². The zero-order valence-electron chi connectivity index (χ0n) is 13.8. The molecule has 0 spiro atoms. The van der Waals surface area contributed by atoms with Gasteiger partial charge in [-0.25, -0.2) is 13.1 Å². The molecule has 0 bridgehead atoms. The van der Waals surface area contributed by atoms with Gasteiger partial charge < -0.3 is 10.0 Å². The number of aliphatic hydroxyl groups is 1. The molecule has 0 radical (unpaired) electrons. The lowest BCUT2D eigenvalue weighted by Gasteiger charge is -2.33. The molecule has 1 heterocycles. The van der Waals surface area contributed by atoms with Crippen molar-refractivity contribution in [3.05, 3.63) is 35.9 Å². The number of hydrogen-bond donors (Lipinski definition) is 2. The van der Waals surface area contributed by atoms with Gasteiger partial charge in [0, 0.05) is 13.1 Å². The molecule has 0 aliphatic carbocycles. The number of aliphatic hydroxyl groups excluding tert-OH is 1. The lowest BCUT2D eigenvalue weighted by Crippen LogP contribution is -2.40. The smallest absolute Gasteiger partial charge is 0.211 e. The van der Waals surface area contributed by atoms with Gasteiger partial charge in [-0.05, 0) is 43.8 Å². The van der Waals surface area contributed by atoms with E-state index in [1.807, 2.05) is 37.3 Å². The van der Waals surface area contributed by atoms with Gasteiger partial charge in [-0.3, -0.25) is 0 Å². The number of nitrogens with one attached hydrogen (secondary N) is 1. The van der Waals surface area contributed by atoms with Crippen LogP contribution in [0.2, 0.25) is 0 Å². The minimum Gasteiger partial charge on any atom is -0.387 e. The highest BCUT2D eigenvalue weighted by molar-refractivity contribution is 7.89. The van der Waals surface area contributed by atoms with E-state index in [1.54, 1.807) is 0 Å². The third kappa shape index (κ3) is 6.22. The molecule has 23 heavy (non-hydrogen) atoms. The molecule has 0 amide bonds. The number of rotatable bonds is 8. The summed E-state index contributed by atoms with van der Waals surface area (Å²) in [5, 5.41) is 10.3. The first-order valence-electron chi connectivity index (χ1n) is 8.43. The van der Waals surface area contributed by atoms with E-state index in [4.69, 9.17) is 0 Å². The topological polar surface area (TPSA) is 69.6 Å². The zero-order chi connectivity index (χ0) is 16.7. The Morgan fingerprint density at radius 3 is 2.52 bits per heavy atom. The molecular formula is C17H28N2O3S. The molecule has 1 fully saturated rings. The first-order chi connectivity index (χ1) is 11.0. The van der Waals surface area contributed by atoms with Crippen LogP contribution in [-0.2, 0) is 10.0 Å². The second-order valence-corrected chi connectivity index (χ2v) is 8.26. The number of likely N-dealkylation sites (tertiary alicyclic amines) is 1. The molecule has 1 aromatic carbocycles. The molecule has 5 nitrogen and oxygen atoms in total. The van der Waals surface area contributed by atoms with E-state index in [0.717, 1.165) is 31.5 Å². The van der Waals surface area contributed by atoms with E-state index < -0.39 is 16.1 Å². The van der Waals surface area contributed by atoms with Crippen molar-refractivity contribution in [3.8, 4) is 0 Å². The number of hydrogen-bond acceptors (Lipinski definition) is 4. The van der Waals surface area contributed by atoms with Gasteiger partial charge in [0.15, 0.2) is 0 Å². The van der Waals surface area contributed by atoms with Gasteiger partial charge in [0.25, 0.3) is 0 Å². The summed E-state index contributed by atoms with van der Waals surface area (Å²) in [5.41, 5.74) is 0.946. The molecule has 6 heteroatoms. The number of benzene rings is 1. The fourth-order valence-electron chi connectivity index (χ4n) is 2.98. The Balaban J connectivity index is 1.72. The summed E-state index contributed by atoms with van der Waals surface area (Å²) in [6.07, 6.45) is 2.12. The summed E-state index contributed by atoms with van der Waals surface area (Å²) >= 11 is 0. The predicted octanol–water partition coefficient (Wildman–Crippen LogP) is 1.76. The Labute approximate surface area is 139 Å². The van der Waals surface area contributed by atoms with Crippen molar-refractivity contribution in [2.24, 2.45) is 5.92 Å². The summed E-state index contributed by atoms with van der Waals surface area (Å²) in [4.78, 5) is 2.26. The molecular weight excluding hydrogens is 312 g/mol. The third-order valence-corrected chi connectivity index (χ3v) is 5.94. The fraction of sp³-hybridized carbons (Fsp3) is 0.647. The molecule has 1 saturated heterocycles. The highest BCUT2D eigenvalue weighted by Crippen LogP contribution is 2.20. The summed E-state index contributed by atoms with van der Waals surface area (Å²) in [6.45, 7) is 4.86. The van der Waals surface area contributed by atoms with Crippen LogP contribution < -0.4 is 4.72 Å². The lowest BCUT2D eigenvalue weighted by atomic mass is 9.96. The van der Waals surface area contributed by atoms with Gasteiger partial charge in [0.1, 0.15) is 0 Å². The third-order valence-electron chi connectivity index (χ3n) is 4.39. The molecule has 1 atom stereocenters. The molecule has 1 aliphatic rings. The maximum atomic E-state index is 11.7. The number of piperidine rings is 1. The van der Waals surface area contributed by atoms with Crippen molar-refractivity contribution >= 4 is 10.0 Å². The van der Waals surface area contributed by atoms with Gasteiger partial charge >= 0.3 is 0 Å². The Bertz CT molecular complexity index is 554. The van der Waals surface area contributed by atoms with Crippen LogP contribution in [0, 0.1) is 5.92 Å². The number of nitrogens with zero attached hydrogens (tertiary/aromatic N) is 1. The first-order valence-corrected chi connectivity index (χ1v) is 10.1. The van der Waals surface area contributed by atoms with Crippen molar-refractivity contribution in [1.29, 1.82) is 0 Å². The molecule has 2 rings (SSSR count). The normalized spacial score (nSPS) is 18.9. The van der Waals surface area contributed by atoms with Crippen molar-refractivity contribution in [3.63, 3.8) is 0 Å². The number of sulfonamides is 1. The molecule has 130 valence electrons. The van der Waals surface area contributed by atoms with Crippen LogP contribution >= 0.6 is 0 Å². The van der Waals surface area contributed by atoms with Gasteiger partial charge in [-0.1, -0.05) is 37.3 Å². The monoisotopic (exact) mass is 340 g/mol. The average molecular weight is 340 g/mol. The maximum absolute atomic E-state index is 11.7. The maximum Gasteiger partial charge on any atom is 0.211 e. The number of β-amino-alcohol motifs (C(OH)–C–C–N with tert-alkyl or cyclic N) is 1. The van der Waals surface area contributed by atoms with Gasteiger partial charge in [-0.15, -0.1) is 0 Å². The van der Waals surface area contributed by atoms with Crippen LogP contribution in [0.25, 0.3) is 0 Å². The Morgan fingerprint density at radius 2 is 1.91 bits per heavy atom. The average Bonchev–Trinajstić information content (AvgIpc) is 2.55.